The van der Waals surface area contributed by atoms with Gasteiger partial charge in [-0.25, -0.2) is 4.98 Å². The molecule has 5 rings (SSSR count). The van der Waals surface area contributed by atoms with E-state index in [1.54, 1.807) is 36.7 Å². The number of benzene rings is 2. The molecule has 0 atom stereocenters. The molecule has 3 heterocycles. The fourth-order valence-electron chi connectivity index (χ4n) is 3.55. The van der Waals surface area contributed by atoms with Crippen molar-refractivity contribution >= 4 is 39.0 Å². The summed E-state index contributed by atoms with van der Waals surface area (Å²) in [6.45, 7) is 0. The molecule has 0 bridgehead atoms. The molecule has 5 aromatic rings. The number of fused-ring (bicyclic) bond motifs is 1. The van der Waals surface area contributed by atoms with Crippen LogP contribution in [0.2, 0.25) is 5.02 Å². The third kappa shape index (κ3) is 3.43. The van der Waals surface area contributed by atoms with Crippen molar-refractivity contribution in [2.24, 2.45) is 0 Å². The summed E-state index contributed by atoms with van der Waals surface area (Å²) < 4.78 is 0. The van der Waals surface area contributed by atoms with Crippen LogP contribution in [-0.2, 0) is 0 Å². The lowest BCUT2D eigenvalue weighted by atomic mass is 9.99. The van der Waals surface area contributed by atoms with Crippen molar-refractivity contribution in [3.8, 4) is 39.3 Å². The Morgan fingerprint density at radius 2 is 1.71 bits per heavy atom. The average Bonchev–Trinajstić information content (AvgIpc) is 3.21. The van der Waals surface area contributed by atoms with Gasteiger partial charge in [0.2, 0.25) is 0 Å². The number of hydrogen-bond acceptors (Lipinski definition) is 6. The standard InChI is InChI=1S/C23H15ClN4O2S/c24-17-10-18-16(21(29)20(22(30)27-18)14-5-7-26-8-6-14)9-15(17)12-1-3-13(4-2-12)19-11-31-23(25)28-19/h1-11H,(H2,25,28)(H2,27,29,30). The molecule has 3 aromatic heterocycles. The third-order valence-corrected chi connectivity index (χ3v) is 6.04. The second kappa shape index (κ2) is 7.54. The monoisotopic (exact) mass is 446 g/mol. The zero-order valence-electron chi connectivity index (χ0n) is 16.0. The van der Waals surface area contributed by atoms with Crippen LogP contribution < -0.4 is 11.3 Å². The highest BCUT2D eigenvalue weighted by atomic mass is 35.5. The molecule has 0 spiro atoms. The van der Waals surface area contributed by atoms with Crippen molar-refractivity contribution in [3.63, 3.8) is 0 Å². The van der Waals surface area contributed by atoms with E-state index in [1.807, 2.05) is 29.6 Å². The number of rotatable bonds is 3. The molecule has 0 fully saturated rings. The van der Waals surface area contributed by atoms with Gasteiger partial charge in [-0.15, -0.1) is 11.3 Å². The second-order valence-corrected chi connectivity index (χ2v) is 8.24. The van der Waals surface area contributed by atoms with E-state index in [0.717, 1.165) is 22.4 Å². The second-order valence-electron chi connectivity index (χ2n) is 6.94. The topological polar surface area (TPSA) is 105 Å². The number of thiazole rings is 1. The Labute approximate surface area is 185 Å². The summed E-state index contributed by atoms with van der Waals surface area (Å²) in [7, 11) is 0. The van der Waals surface area contributed by atoms with Crippen molar-refractivity contribution in [2.45, 2.75) is 0 Å². The van der Waals surface area contributed by atoms with Gasteiger partial charge in [-0.3, -0.25) is 9.78 Å². The number of pyridine rings is 2. The lowest BCUT2D eigenvalue weighted by Gasteiger charge is -2.11. The van der Waals surface area contributed by atoms with Crippen molar-refractivity contribution < 1.29 is 5.11 Å². The number of halogens is 1. The molecule has 0 aliphatic rings. The van der Waals surface area contributed by atoms with E-state index in [1.165, 1.54) is 11.3 Å². The van der Waals surface area contributed by atoms with Crippen LogP contribution in [0.15, 0.2) is 71.1 Å². The zero-order chi connectivity index (χ0) is 21.5. The minimum atomic E-state index is -0.396. The zero-order valence-corrected chi connectivity index (χ0v) is 17.5. The lowest BCUT2D eigenvalue weighted by molar-refractivity contribution is 0.482. The average molecular weight is 447 g/mol. The number of H-pyrrole nitrogens is 1. The highest BCUT2D eigenvalue weighted by Crippen LogP contribution is 2.38. The maximum atomic E-state index is 12.6. The highest BCUT2D eigenvalue weighted by Gasteiger charge is 2.16. The van der Waals surface area contributed by atoms with E-state index in [-0.39, 0.29) is 11.3 Å². The van der Waals surface area contributed by atoms with Gasteiger partial charge >= 0.3 is 0 Å². The van der Waals surface area contributed by atoms with Gasteiger partial charge in [0.25, 0.3) is 5.56 Å². The van der Waals surface area contributed by atoms with Crippen LogP contribution in [-0.4, -0.2) is 20.1 Å². The van der Waals surface area contributed by atoms with Gasteiger partial charge in [0.15, 0.2) is 5.13 Å². The summed E-state index contributed by atoms with van der Waals surface area (Å²) >= 11 is 7.91. The van der Waals surface area contributed by atoms with Crippen LogP contribution in [0.1, 0.15) is 0 Å². The quantitative estimate of drug-likeness (QED) is 0.347. The van der Waals surface area contributed by atoms with Gasteiger partial charge in [0.1, 0.15) is 5.75 Å². The first kappa shape index (κ1) is 19.3. The van der Waals surface area contributed by atoms with Gasteiger partial charge < -0.3 is 15.8 Å². The molecule has 0 aliphatic heterocycles. The predicted molar refractivity (Wildman–Crippen MR) is 125 cm³/mol. The Balaban J connectivity index is 1.64. The van der Waals surface area contributed by atoms with E-state index in [9.17, 15) is 9.90 Å². The van der Waals surface area contributed by atoms with Crippen LogP contribution in [0.3, 0.4) is 0 Å². The first-order valence-corrected chi connectivity index (χ1v) is 10.6. The molecule has 0 amide bonds. The molecule has 6 nitrogen and oxygen atoms in total. The predicted octanol–water partition coefficient (Wildman–Crippen LogP) is 5.32. The van der Waals surface area contributed by atoms with Crippen molar-refractivity contribution in [3.05, 3.63) is 81.7 Å². The molecule has 0 unspecified atom stereocenters. The van der Waals surface area contributed by atoms with Crippen LogP contribution in [0, 0.1) is 0 Å². The summed E-state index contributed by atoms with van der Waals surface area (Å²) in [4.78, 5) is 23.7. The fourth-order valence-corrected chi connectivity index (χ4v) is 4.39. The fraction of sp³-hybridized carbons (Fsp3) is 0. The Morgan fingerprint density at radius 1 is 1.00 bits per heavy atom. The summed E-state index contributed by atoms with van der Waals surface area (Å²) in [6.07, 6.45) is 3.15. The molecular weight excluding hydrogens is 432 g/mol. The van der Waals surface area contributed by atoms with E-state index in [0.29, 0.717) is 26.6 Å². The van der Waals surface area contributed by atoms with Crippen LogP contribution in [0.5, 0.6) is 5.75 Å². The van der Waals surface area contributed by atoms with E-state index in [4.69, 9.17) is 17.3 Å². The minimum Gasteiger partial charge on any atom is -0.506 e. The third-order valence-electron chi connectivity index (χ3n) is 5.06. The van der Waals surface area contributed by atoms with Crippen LogP contribution >= 0.6 is 22.9 Å². The Morgan fingerprint density at radius 3 is 2.39 bits per heavy atom. The Kier molecular flexibility index (Phi) is 4.69. The number of hydrogen-bond donors (Lipinski definition) is 3. The lowest BCUT2D eigenvalue weighted by Crippen LogP contribution is -2.09. The van der Waals surface area contributed by atoms with Gasteiger partial charge in [0, 0.05) is 34.3 Å². The van der Waals surface area contributed by atoms with Gasteiger partial charge in [-0.05, 0) is 35.4 Å². The Hall–Kier alpha value is -3.68. The summed E-state index contributed by atoms with van der Waals surface area (Å²) in [5.41, 5.74) is 9.94. The van der Waals surface area contributed by atoms with E-state index in [2.05, 4.69) is 15.0 Å². The van der Waals surface area contributed by atoms with Gasteiger partial charge in [0.05, 0.1) is 21.8 Å². The molecule has 0 aliphatic carbocycles. The first-order chi connectivity index (χ1) is 15.0. The van der Waals surface area contributed by atoms with Crippen LogP contribution in [0.4, 0.5) is 5.13 Å². The minimum absolute atomic E-state index is 0.0996. The highest BCUT2D eigenvalue weighted by molar-refractivity contribution is 7.13. The number of aromatic amines is 1. The first-order valence-electron chi connectivity index (χ1n) is 9.32. The Bertz CT molecular complexity index is 1480. The number of anilines is 1. The molecule has 0 radical (unpaired) electrons. The van der Waals surface area contributed by atoms with Crippen LogP contribution in [0.25, 0.3) is 44.4 Å². The molecule has 2 aromatic carbocycles. The largest absolute Gasteiger partial charge is 0.506 e. The maximum absolute atomic E-state index is 12.6. The smallest absolute Gasteiger partial charge is 0.260 e. The van der Waals surface area contributed by atoms with Crippen molar-refractivity contribution in [2.75, 3.05) is 5.73 Å². The summed E-state index contributed by atoms with van der Waals surface area (Å²) in [5.74, 6) is -0.0996. The van der Waals surface area contributed by atoms with E-state index < -0.39 is 5.56 Å². The summed E-state index contributed by atoms with van der Waals surface area (Å²) in [6, 6.07) is 14.5. The molecule has 0 saturated carbocycles. The van der Waals surface area contributed by atoms with E-state index >= 15 is 0 Å². The number of nitrogens with zero attached hydrogens (tertiary/aromatic N) is 2. The maximum Gasteiger partial charge on any atom is 0.260 e. The molecule has 0 saturated heterocycles. The van der Waals surface area contributed by atoms with Crippen molar-refractivity contribution in [1.82, 2.24) is 15.0 Å². The molecular formula is C23H15ClN4O2S. The van der Waals surface area contributed by atoms with Gasteiger partial charge in [-0.1, -0.05) is 35.9 Å². The SMILES string of the molecule is Nc1nc(-c2ccc(-c3cc4c(O)c(-c5ccncc5)c(=O)[nH]c4cc3Cl)cc2)cs1. The van der Waals surface area contributed by atoms with Gasteiger partial charge in [-0.2, -0.15) is 0 Å². The number of aromatic nitrogens is 3. The number of nitrogen functional groups attached to an aromatic ring is 1. The number of aromatic hydroxyl groups is 1. The molecule has 8 heteroatoms. The molecule has 152 valence electrons. The number of nitrogens with two attached hydrogens (primary N) is 1. The normalized spacial score (nSPS) is 11.1. The number of nitrogens with one attached hydrogen (secondary N) is 1. The van der Waals surface area contributed by atoms with Crippen molar-refractivity contribution in [1.29, 1.82) is 0 Å². The molecule has 4 N–H and O–H groups in total. The summed E-state index contributed by atoms with van der Waals surface area (Å²) in [5, 5.41) is 14.3. The molecule has 31 heavy (non-hydrogen) atoms.